The highest BCUT2D eigenvalue weighted by Crippen LogP contribution is 2.24. The third-order valence-electron chi connectivity index (χ3n) is 3.97. The highest BCUT2D eigenvalue weighted by Gasteiger charge is 2.26. The third kappa shape index (κ3) is 5.72. The standard InChI is InChI=1S/C17H25N3O4/c1-11(2)10-24-15-8-7-14(9-18-15)20-17(23)19-13-5-3-12(4-6-13)16(21)22/h7-9,11-13H,3-6,10H2,1-2H3,(H,21,22)(H2,19,20,23). The summed E-state index contributed by atoms with van der Waals surface area (Å²) in [5, 5.41) is 14.6. The van der Waals surface area contributed by atoms with Crippen molar-refractivity contribution < 1.29 is 19.4 Å². The van der Waals surface area contributed by atoms with Crippen molar-refractivity contribution in [2.24, 2.45) is 11.8 Å². The molecule has 2 rings (SSSR count). The van der Waals surface area contributed by atoms with Crippen molar-refractivity contribution in [3.8, 4) is 5.88 Å². The van der Waals surface area contributed by atoms with Gasteiger partial charge in [0, 0.05) is 12.1 Å². The number of nitrogens with zero attached hydrogens (tertiary/aromatic N) is 1. The molecule has 0 unspecified atom stereocenters. The molecule has 1 fully saturated rings. The molecule has 0 aromatic carbocycles. The van der Waals surface area contributed by atoms with E-state index in [1.165, 1.54) is 0 Å². The predicted molar refractivity (Wildman–Crippen MR) is 90.1 cm³/mol. The van der Waals surface area contributed by atoms with Crippen LogP contribution in [0.2, 0.25) is 0 Å². The number of hydrogen-bond acceptors (Lipinski definition) is 4. The average molecular weight is 335 g/mol. The van der Waals surface area contributed by atoms with E-state index in [1.54, 1.807) is 18.3 Å². The van der Waals surface area contributed by atoms with Gasteiger partial charge in [-0.3, -0.25) is 4.79 Å². The van der Waals surface area contributed by atoms with Crippen molar-refractivity contribution in [1.29, 1.82) is 0 Å². The molecule has 1 aromatic rings. The summed E-state index contributed by atoms with van der Waals surface area (Å²) in [5.74, 6) is -0.0781. The Bertz CT molecular complexity index is 551. The van der Waals surface area contributed by atoms with E-state index in [1.807, 2.05) is 0 Å². The number of carbonyl (C=O) groups excluding carboxylic acids is 1. The molecular formula is C17H25N3O4. The molecule has 1 aliphatic rings. The zero-order valence-electron chi connectivity index (χ0n) is 14.1. The molecule has 0 aliphatic heterocycles. The Hall–Kier alpha value is -2.31. The number of rotatable bonds is 6. The molecule has 0 bridgehead atoms. The average Bonchev–Trinajstić information content (AvgIpc) is 2.54. The fourth-order valence-electron chi connectivity index (χ4n) is 2.63. The SMILES string of the molecule is CC(C)COc1ccc(NC(=O)NC2CCC(C(=O)O)CC2)cn1. The number of ether oxygens (including phenoxy) is 1. The molecule has 3 N–H and O–H groups in total. The van der Waals surface area contributed by atoms with Crippen LogP contribution in [0.4, 0.5) is 10.5 Å². The van der Waals surface area contributed by atoms with Gasteiger partial charge >= 0.3 is 12.0 Å². The Morgan fingerprint density at radius 2 is 2.00 bits per heavy atom. The number of pyridine rings is 1. The molecule has 7 heteroatoms. The van der Waals surface area contributed by atoms with E-state index < -0.39 is 5.97 Å². The van der Waals surface area contributed by atoms with Crippen LogP contribution in [0.5, 0.6) is 5.88 Å². The van der Waals surface area contributed by atoms with Crippen molar-refractivity contribution in [3.05, 3.63) is 18.3 Å². The molecule has 1 heterocycles. The second kappa shape index (κ2) is 8.52. The predicted octanol–water partition coefficient (Wildman–Crippen LogP) is 2.88. The van der Waals surface area contributed by atoms with Gasteiger partial charge in [-0.05, 0) is 37.7 Å². The lowest BCUT2D eigenvalue weighted by atomic mass is 9.86. The van der Waals surface area contributed by atoms with Gasteiger partial charge in [-0.2, -0.15) is 0 Å². The Kier molecular flexibility index (Phi) is 6.40. The van der Waals surface area contributed by atoms with Gasteiger partial charge in [-0.1, -0.05) is 13.8 Å². The molecule has 0 radical (unpaired) electrons. The Morgan fingerprint density at radius 1 is 1.29 bits per heavy atom. The minimum absolute atomic E-state index is 0.0159. The van der Waals surface area contributed by atoms with Crippen LogP contribution in [0.15, 0.2) is 18.3 Å². The molecule has 132 valence electrons. The zero-order valence-corrected chi connectivity index (χ0v) is 14.1. The van der Waals surface area contributed by atoms with E-state index in [9.17, 15) is 9.59 Å². The lowest BCUT2D eigenvalue weighted by Crippen LogP contribution is -2.41. The van der Waals surface area contributed by atoms with Gasteiger partial charge in [0.15, 0.2) is 0 Å². The smallest absolute Gasteiger partial charge is 0.319 e. The monoisotopic (exact) mass is 335 g/mol. The first-order valence-electron chi connectivity index (χ1n) is 8.33. The van der Waals surface area contributed by atoms with Crippen LogP contribution in [0.1, 0.15) is 39.5 Å². The fraction of sp³-hybridized carbons (Fsp3) is 0.588. The Balaban J connectivity index is 1.75. The summed E-state index contributed by atoms with van der Waals surface area (Å²) in [5.41, 5.74) is 0.587. The molecule has 0 spiro atoms. The number of amides is 2. The number of aliphatic carboxylic acids is 1. The summed E-state index contributed by atoms with van der Waals surface area (Å²) in [4.78, 5) is 27.1. The number of anilines is 1. The number of urea groups is 1. The van der Waals surface area contributed by atoms with Crippen LogP contribution in [0.25, 0.3) is 0 Å². The Labute approximate surface area is 141 Å². The highest BCUT2D eigenvalue weighted by atomic mass is 16.5. The summed E-state index contributed by atoms with van der Waals surface area (Å²) in [6.07, 6.45) is 4.12. The summed E-state index contributed by atoms with van der Waals surface area (Å²) in [6.45, 7) is 4.72. The van der Waals surface area contributed by atoms with Crippen molar-refractivity contribution in [2.75, 3.05) is 11.9 Å². The van der Waals surface area contributed by atoms with Gasteiger partial charge in [0.05, 0.1) is 24.4 Å². The minimum Gasteiger partial charge on any atom is -0.481 e. The first-order valence-corrected chi connectivity index (χ1v) is 8.33. The third-order valence-corrected chi connectivity index (χ3v) is 3.97. The lowest BCUT2D eigenvalue weighted by molar-refractivity contribution is -0.142. The first-order chi connectivity index (χ1) is 11.4. The molecule has 1 aromatic heterocycles. The van der Waals surface area contributed by atoms with Crippen LogP contribution in [-0.4, -0.2) is 34.7 Å². The van der Waals surface area contributed by atoms with Crippen molar-refractivity contribution in [2.45, 2.75) is 45.6 Å². The van der Waals surface area contributed by atoms with E-state index in [2.05, 4.69) is 29.5 Å². The highest BCUT2D eigenvalue weighted by molar-refractivity contribution is 5.89. The number of aromatic nitrogens is 1. The van der Waals surface area contributed by atoms with Crippen molar-refractivity contribution in [1.82, 2.24) is 10.3 Å². The van der Waals surface area contributed by atoms with Gasteiger partial charge in [0.1, 0.15) is 0 Å². The topological polar surface area (TPSA) is 101 Å². The molecule has 7 nitrogen and oxygen atoms in total. The summed E-state index contributed by atoms with van der Waals surface area (Å²) in [7, 11) is 0. The molecule has 1 saturated carbocycles. The number of hydrogen-bond donors (Lipinski definition) is 3. The Morgan fingerprint density at radius 3 is 2.54 bits per heavy atom. The maximum atomic E-state index is 12.0. The molecular weight excluding hydrogens is 310 g/mol. The van der Waals surface area contributed by atoms with Crippen LogP contribution in [0, 0.1) is 11.8 Å². The van der Waals surface area contributed by atoms with E-state index in [0.717, 1.165) is 0 Å². The number of carboxylic acid groups (broad SMARTS) is 1. The van der Waals surface area contributed by atoms with Gasteiger partial charge < -0.3 is 20.5 Å². The van der Waals surface area contributed by atoms with E-state index >= 15 is 0 Å². The lowest BCUT2D eigenvalue weighted by Gasteiger charge is -2.26. The summed E-state index contributed by atoms with van der Waals surface area (Å²) < 4.78 is 5.49. The van der Waals surface area contributed by atoms with Crippen LogP contribution in [0.3, 0.4) is 0 Å². The van der Waals surface area contributed by atoms with Gasteiger partial charge in [0.25, 0.3) is 0 Å². The van der Waals surface area contributed by atoms with Crippen molar-refractivity contribution >= 4 is 17.7 Å². The number of nitrogens with one attached hydrogen (secondary N) is 2. The molecule has 0 saturated heterocycles. The molecule has 2 amide bonds. The van der Waals surface area contributed by atoms with Gasteiger partial charge in [-0.15, -0.1) is 0 Å². The van der Waals surface area contributed by atoms with Crippen LogP contribution >= 0.6 is 0 Å². The minimum atomic E-state index is -0.747. The first kappa shape index (κ1) is 18.0. The van der Waals surface area contributed by atoms with Gasteiger partial charge in [0.2, 0.25) is 5.88 Å². The molecule has 24 heavy (non-hydrogen) atoms. The largest absolute Gasteiger partial charge is 0.481 e. The van der Waals surface area contributed by atoms with Crippen molar-refractivity contribution in [3.63, 3.8) is 0 Å². The normalized spacial score (nSPS) is 20.5. The zero-order chi connectivity index (χ0) is 17.5. The number of carbonyl (C=O) groups is 2. The maximum absolute atomic E-state index is 12.0. The summed E-state index contributed by atoms with van der Waals surface area (Å²) in [6, 6.07) is 3.17. The molecule has 1 aliphatic carbocycles. The van der Waals surface area contributed by atoms with E-state index in [0.29, 0.717) is 49.8 Å². The van der Waals surface area contributed by atoms with Crippen LogP contribution in [-0.2, 0) is 4.79 Å². The second-order valence-corrected chi connectivity index (χ2v) is 6.58. The second-order valence-electron chi connectivity index (χ2n) is 6.58. The fourth-order valence-corrected chi connectivity index (χ4v) is 2.63. The quantitative estimate of drug-likeness (QED) is 0.742. The van der Waals surface area contributed by atoms with E-state index in [-0.39, 0.29) is 18.0 Å². The van der Waals surface area contributed by atoms with Gasteiger partial charge in [-0.25, -0.2) is 9.78 Å². The van der Waals surface area contributed by atoms with E-state index in [4.69, 9.17) is 9.84 Å². The maximum Gasteiger partial charge on any atom is 0.319 e. The molecule has 0 atom stereocenters. The number of carboxylic acids is 1. The van der Waals surface area contributed by atoms with Crippen LogP contribution < -0.4 is 15.4 Å². The summed E-state index contributed by atoms with van der Waals surface area (Å²) >= 11 is 0.